The Morgan fingerprint density at radius 2 is 0.782 bits per heavy atom. The minimum absolute atomic E-state index is 0.574. The lowest BCUT2D eigenvalue weighted by Crippen LogP contribution is -2.01. The van der Waals surface area contributed by atoms with Crippen LogP contribution in [0.15, 0.2) is 188 Å². The van der Waals surface area contributed by atoms with Gasteiger partial charge in [0.2, 0.25) is 0 Å². The maximum Gasteiger partial charge on any atom is 0.145 e. The summed E-state index contributed by atoms with van der Waals surface area (Å²) in [4.78, 5) is 5.10. The van der Waals surface area contributed by atoms with Crippen molar-refractivity contribution in [2.24, 2.45) is 0 Å². The molecule has 0 saturated heterocycles. The van der Waals surface area contributed by atoms with Crippen LogP contribution in [0, 0.1) is 11.3 Å². The third-order valence-electron chi connectivity index (χ3n) is 10.8. The standard InChI is InChI=1S/C50H31N5/c51-32-33-26-35(28-37(27-33)55-49-25-13-8-20-44(49)52-50(55)34-14-2-1-3-15-34)36-29-38(53-45-21-9-4-16-40(45)41-17-5-10-22-46(41)53)31-39(30-36)54-47-23-11-6-18-42(47)43-19-7-12-24-48(43)54/h1-31H. The molecule has 0 amide bonds. The van der Waals surface area contributed by atoms with Crippen LogP contribution >= 0.6 is 0 Å². The van der Waals surface area contributed by atoms with E-state index in [1.54, 1.807) is 0 Å². The lowest BCUT2D eigenvalue weighted by molar-refractivity contribution is 1.10. The van der Waals surface area contributed by atoms with Crippen LogP contribution in [0.2, 0.25) is 0 Å². The summed E-state index contributed by atoms with van der Waals surface area (Å²) in [5.41, 5.74) is 12.9. The van der Waals surface area contributed by atoms with E-state index in [9.17, 15) is 5.26 Å². The second kappa shape index (κ2) is 12.2. The fourth-order valence-corrected chi connectivity index (χ4v) is 8.46. The fraction of sp³-hybridized carbons (Fsp3) is 0. The van der Waals surface area contributed by atoms with Gasteiger partial charge in [0.1, 0.15) is 5.82 Å². The van der Waals surface area contributed by atoms with Gasteiger partial charge in [-0.1, -0.05) is 115 Å². The number of aromatic nitrogens is 4. The fourth-order valence-electron chi connectivity index (χ4n) is 8.46. The zero-order valence-electron chi connectivity index (χ0n) is 29.6. The lowest BCUT2D eigenvalue weighted by Gasteiger charge is -2.17. The van der Waals surface area contributed by atoms with Gasteiger partial charge in [0.15, 0.2) is 0 Å². The van der Waals surface area contributed by atoms with E-state index < -0.39 is 0 Å². The molecule has 0 unspecified atom stereocenters. The van der Waals surface area contributed by atoms with Crippen molar-refractivity contribution in [2.45, 2.75) is 0 Å². The highest BCUT2D eigenvalue weighted by molar-refractivity contribution is 6.10. The summed E-state index contributed by atoms with van der Waals surface area (Å²) in [6, 6.07) is 68.4. The van der Waals surface area contributed by atoms with Gasteiger partial charge in [-0.25, -0.2) is 4.98 Å². The SMILES string of the molecule is N#Cc1cc(-c2cc(-n3c4ccccc4c4ccccc43)cc(-n3c4ccccc4c4ccccc43)c2)cc(-n2c(-c3ccccc3)nc3ccccc32)c1. The van der Waals surface area contributed by atoms with E-state index in [2.05, 4.69) is 159 Å². The summed E-state index contributed by atoms with van der Waals surface area (Å²) < 4.78 is 6.93. The van der Waals surface area contributed by atoms with Crippen molar-refractivity contribution in [3.63, 3.8) is 0 Å². The number of hydrogen-bond acceptors (Lipinski definition) is 2. The molecule has 0 aliphatic carbocycles. The summed E-state index contributed by atoms with van der Waals surface area (Å²) in [6.45, 7) is 0. The molecule has 0 spiro atoms. The van der Waals surface area contributed by atoms with Crippen molar-refractivity contribution in [1.82, 2.24) is 18.7 Å². The Morgan fingerprint density at radius 3 is 1.29 bits per heavy atom. The highest BCUT2D eigenvalue weighted by Crippen LogP contribution is 2.39. The number of rotatable bonds is 5. The minimum Gasteiger partial charge on any atom is -0.309 e. The number of nitrogens with zero attached hydrogens (tertiary/aromatic N) is 5. The van der Waals surface area contributed by atoms with E-state index >= 15 is 0 Å². The average Bonchev–Trinajstić information content (AvgIpc) is 3.92. The predicted octanol–water partition coefficient (Wildman–Crippen LogP) is 12.4. The second-order valence-corrected chi connectivity index (χ2v) is 14.0. The molecule has 3 aromatic heterocycles. The molecule has 0 aliphatic rings. The monoisotopic (exact) mass is 701 g/mol. The summed E-state index contributed by atoms with van der Waals surface area (Å²) in [6.07, 6.45) is 0. The van der Waals surface area contributed by atoms with E-state index in [4.69, 9.17) is 4.98 Å². The van der Waals surface area contributed by atoms with Gasteiger partial charge in [-0.2, -0.15) is 5.26 Å². The number of benzene rings is 8. The van der Waals surface area contributed by atoms with Crippen LogP contribution in [0.3, 0.4) is 0 Å². The van der Waals surface area contributed by atoms with Crippen LogP contribution in [-0.4, -0.2) is 18.7 Å². The van der Waals surface area contributed by atoms with Crippen LogP contribution in [0.4, 0.5) is 0 Å². The van der Waals surface area contributed by atoms with E-state index in [0.29, 0.717) is 5.56 Å². The predicted molar refractivity (Wildman–Crippen MR) is 225 cm³/mol. The van der Waals surface area contributed by atoms with Gasteiger partial charge in [0, 0.05) is 44.2 Å². The maximum atomic E-state index is 10.5. The van der Waals surface area contributed by atoms with Crippen molar-refractivity contribution in [3.8, 4) is 45.6 Å². The Morgan fingerprint density at radius 1 is 0.364 bits per heavy atom. The first kappa shape index (κ1) is 30.9. The molecule has 0 bridgehead atoms. The van der Waals surface area contributed by atoms with E-state index in [0.717, 1.165) is 72.7 Å². The topological polar surface area (TPSA) is 51.5 Å². The molecule has 0 saturated carbocycles. The average molecular weight is 702 g/mol. The van der Waals surface area contributed by atoms with Gasteiger partial charge < -0.3 is 9.13 Å². The molecule has 256 valence electrons. The molecule has 55 heavy (non-hydrogen) atoms. The normalized spacial score (nSPS) is 11.6. The number of nitriles is 1. The second-order valence-electron chi connectivity index (χ2n) is 14.0. The molecule has 0 fully saturated rings. The van der Waals surface area contributed by atoms with Gasteiger partial charge >= 0.3 is 0 Å². The Kier molecular flexibility index (Phi) is 6.85. The van der Waals surface area contributed by atoms with Crippen molar-refractivity contribution in [2.75, 3.05) is 0 Å². The van der Waals surface area contributed by atoms with Crippen molar-refractivity contribution in [3.05, 3.63) is 194 Å². The molecule has 0 atom stereocenters. The third kappa shape index (κ3) is 4.83. The molecule has 0 radical (unpaired) electrons. The largest absolute Gasteiger partial charge is 0.309 e. The van der Waals surface area contributed by atoms with E-state index in [-0.39, 0.29) is 0 Å². The first-order valence-corrected chi connectivity index (χ1v) is 18.4. The molecule has 8 aromatic carbocycles. The summed E-state index contributed by atoms with van der Waals surface area (Å²) in [5, 5.41) is 15.3. The van der Waals surface area contributed by atoms with Crippen molar-refractivity contribution < 1.29 is 0 Å². The Bertz CT molecular complexity index is 3100. The van der Waals surface area contributed by atoms with Crippen LogP contribution in [0.1, 0.15) is 5.56 Å². The van der Waals surface area contributed by atoms with E-state index in [1.807, 2.05) is 48.5 Å². The number of fused-ring (bicyclic) bond motifs is 7. The molecule has 5 heteroatoms. The molecular weight excluding hydrogens is 671 g/mol. The van der Waals surface area contributed by atoms with E-state index in [1.165, 1.54) is 21.5 Å². The lowest BCUT2D eigenvalue weighted by atomic mass is 10.00. The zero-order chi connectivity index (χ0) is 36.5. The minimum atomic E-state index is 0.574. The first-order valence-electron chi connectivity index (χ1n) is 18.4. The molecule has 11 rings (SSSR count). The van der Waals surface area contributed by atoms with Crippen molar-refractivity contribution >= 4 is 54.6 Å². The van der Waals surface area contributed by atoms with Gasteiger partial charge in [-0.05, 0) is 83.9 Å². The van der Waals surface area contributed by atoms with Crippen LogP contribution in [0.5, 0.6) is 0 Å². The maximum absolute atomic E-state index is 10.5. The van der Waals surface area contributed by atoms with Gasteiger partial charge in [-0.15, -0.1) is 0 Å². The van der Waals surface area contributed by atoms with Gasteiger partial charge in [0.25, 0.3) is 0 Å². The molecule has 0 aliphatic heterocycles. The van der Waals surface area contributed by atoms with Gasteiger partial charge in [-0.3, -0.25) is 4.57 Å². The van der Waals surface area contributed by atoms with Crippen LogP contribution in [0.25, 0.3) is 94.2 Å². The summed E-state index contributed by atoms with van der Waals surface area (Å²) in [7, 11) is 0. The highest BCUT2D eigenvalue weighted by Gasteiger charge is 2.19. The Labute approximate surface area is 316 Å². The smallest absolute Gasteiger partial charge is 0.145 e. The molecule has 3 heterocycles. The number of imidazole rings is 1. The molecule has 5 nitrogen and oxygen atoms in total. The molecule has 11 aromatic rings. The number of para-hydroxylation sites is 6. The summed E-state index contributed by atoms with van der Waals surface area (Å²) in [5.74, 6) is 0.827. The van der Waals surface area contributed by atoms with Crippen LogP contribution in [-0.2, 0) is 0 Å². The quantitative estimate of drug-likeness (QED) is 0.179. The first-order chi connectivity index (χ1) is 27.2. The molecule has 0 N–H and O–H groups in total. The highest BCUT2D eigenvalue weighted by atomic mass is 15.1. The Hall–Kier alpha value is -7.68. The zero-order valence-corrected chi connectivity index (χ0v) is 29.6. The van der Waals surface area contributed by atoms with Crippen molar-refractivity contribution in [1.29, 1.82) is 5.26 Å². The number of hydrogen-bond donors (Lipinski definition) is 0. The van der Waals surface area contributed by atoms with Gasteiger partial charge in [0.05, 0.1) is 44.7 Å². The third-order valence-corrected chi connectivity index (χ3v) is 10.8. The summed E-state index contributed by atoms with van der Waals surface area (Å²) >= 11 is 0. The Balaban J connectivity index is 1.23. The molecular formula is C50H31N5. The van der Waals surface area contributed by atoms with Crippen LogP contribution < -0.4 is 0 Å².